The third-order valence-electron chi connectivity index (χ3n) is 5.68. The van der Waals surface area contributed by atoms with Gasteiger partial charge in [-0.2, -0.15) is 5.10 Å². The zero-order chi connectivity index (χ0) is 20.7. The molecule has 0 fully saturated rings. The summed E-state index contributed by atoms with van der Waals surface area (Å²) in [4.78, 5) is 18.2. The molecular weight excluding hydrogens is 376 g/mol. The Hall–Kier alpha value is -3.67. The molecule has 150 valence electrons. The molecule has 5 rings (SSSR count). The first kappa shape index (κ1) is 18.4. The average molecular weight is 398 g/mol. The zero-order valence-electron chi connectivity index (χ0n) is 16.9. The van der Waals surface area contributed by atoms with E-state index in [2.05, 4.69) is 39.7 Å². The van der Waals surface area contributed by atoms with Gasteiger partial charge in [0.2, 0.25) is 0 Å². The average Bonchev–Trinajstić information content (AvgIpc) is 3.14. The van der Waals surface area contributed by atoms with Gasteiger partial charge in [-0.15, -0.1) is 0 Å². The topological polar surface area (TPSA) is 69.0 Å². The minimum absolute atomic E-state index is 0.182. The van der Waals surface area contributed by atoms with E-state index in [4.69, 9.17) is 4.74 Å². The number of nitrogens with one attached hydrogen (secondary N) is 1. The Labute approximate surface area is 174 Å². The molecule has 2 aromatic carbocycles. The van der Waals surface area contributed by atoms with Gasteiger partial charge in [-0.05, 0) is 30.7 Å². The van der Waals surface area contributed by atoms with Crippen LogP contribution in [0.25, 0.3) is 10.9 Å². The highest BCUT2D eigenvalue weighted by Gasteiger charge is 2.42. The molecule has 0 saturated carbocycles. The predicted octanol–water partition coefficient (Wildman–Crippen LogP) is 3.73. The number of rotatable bonds is 3. The van der Waals surface area contributed by atoms with E-state index in [9.17, 15) is 4.79 Å². The van der Waals surface area contributed by atoms with Crippen molar-refractivity contribution >= 4 is 16.8 Å². The van der Waals surface area contributed by atoms with E-state index >= 15 is 0 Å². The van der Waals surface area contributed by atoms with Crippen molar-refractivity contribution in [3.8, 4) is 5.75 Å². The zero-order valence-corrected chi connectivity index (χ0v) is 16.9. The van der Waals surface area contributed by atoms with E-state index in [1.807, 2.05) is 50.5 Å². The monoisotopic (exact) mass is 398 g/mol. The van der Waals surface area contributed by atoms with Gasteiger partial charge in [-0.25, -0.2) is 0 Å². The molecule has 0 spiro atoms. The van der Waals surface area contributed by atoms with Gasteiger partial charge >= 0.3 is 0 Å². The van der Waals surface area contributed by atoms with E-state index < -0.39 is 5.54 Å². The second kappa shape index (κ2) is 6.99. The molecule has 0 radical (unpaired) electrons. The minimum Gasteiger partial charge on any atom is -0.491 e. The Bertz CT molecular complexity index is 1250. The highest BCUT2D eigenvalue weighted by molar-refractivity contribution is 6.05. The Balaban J connectivity index is 1.65. The van der Waals surface area contributed by atoms with Crippen molar-refractivity contribution in [2.45, 2.75) is 18.9 Å². The summed E-state index contributed by atoms with van der Waals surface area (Å²) in [6, 6.07) is 17.6. The first-order chi connectivity index (χ1) is 14.6. The first-order valence-corrected chi connectivity index (χ1v) is 9.97. The number of benzene rings is 2. The van der Waals surface area contributed by atoms with Crippen molar-refractivity contribution in [2.24, 2.45) is 7.05 Å². The second-order valence-electron chi connectivity index (χ2n) is 7.72. The van der Waals surface area contributed by atoms with E-state index in [1.54, 1.807) is 10.9 Å². The normalized spacial score (nSPS) is 17.9. The van der Waals surface area contributed by atoms with Crippen LogP contribution in [0.4, 0.5) is 0 Å². The molecule has 4 aromatic rings. The summed E-state index contributed by atoms with van der Waals surface area (Å²) in [6.07, 6.45) is 4.24. The van der Waals surface area contributed by atoms with Crippen molar-refractivity contribution in [2.75, 3.05) is 6.61 Å². The van der Waals surface area contributed by atoms with Gasteiger partial charge < -0.3 is 10.1 Å². The molecular formula is C24H22N4O2. The lowest BCUT2D eigenvalue weighted by Crippen LogP contribution is -2.50. The maximum atomic E-state index is 13.6. The van der Waals surface area contributed by atoms with E-state index in [1.165, 1.54) is 0 Å². The van der Waals surface area contributed by atoms with Crippen LogP contribution in [0.5, 0.6) is 5.75 Å². The fraction of sp³-hybridized carbons (Fsp3) is 0.208. The Morgan fingerprint density at radius 3 is 2.80 bits per heavy atom. The number of amides is 1. The lowest BCUT2D eigenvalue weighted by molar-refractivity contribution is 0.0885. The SMILES string of the molecule is Cc1ccc([C@@]2(NC(=O)c3cccc4cn(C)nc34)CCOc3cccnc32)cc1. The summed E-state index contributed by atoms with van der Waals surface area (Å²) in [7, 11) is 1.86. The van der Waals surface area contributed by atoms with Crippen LogP contribution < -0.4 is 10.1 Å². The largest absolute Gasteiger partial charge is 0.491 e. The van der Waals surface area contributed by atoms with E-state index in [-0.39, 0.29) is 5.91 Å². The second-order valence-corrected chi connectivity index (χ2v) is 7.72. The number of nitrogens with zero attached hydrogens (tertiary/aromatic N) is 3. The highest BCUT2D eigenvalue weighted by Crippen LogP contribution is 2.40. The molecule has 0 bridgehead atoms. The number of carbonyl (C=O) groups excluding carboxylic acids is 1. The highest BCUT2D eigenvalue weighted by atomic mass is 16.5. The predicted molar refractivity (Wildman–Crippen MR) is 114 cm³/mol. The van der Waals surface area contributed by atoms with Crippen LogP contribution in [0.3, 0.4) is 0 Å². The van der Waals surface area contributed by atoms with Gasteiger partial charge in [0.25, 0.3) is 5.91 Å². The third-order valence-corrected chi connectivity index (χ3v) is 5.68. The van der Waals surface area contributed by atoms with Gasteiger partial charge in [0.05, 0.1) is 12.2 Å². The summed E-state index contributed by atoms with van der Waals surface area (Å²) in [5, 5.41) is 8.74. The fourth-order valence-electron chi connectivity index (χ4n) is 4.18. The summed E-state index contributed by atoms with van der Waals surface area (Å²) in [6.45, 7) is 2.54. The van der Waals surface area contributed by atoms with Crippen LogP contribution in [0, 0.1) is 6.92 Å². The van der Waals surface area contributed by atoms with Gasteiger partial charge in [0.15, 0.2) is 0 Å². The summed E-state index contributed by atoms with van der Waals surface area (Å²) in [5.41, 5.74) is 3.32. The lowest BCUT2D eigenvalue weighted by Gasteiger charge is -2.39. The molecule has 1 atom stereocenters. The number of hydrogen-bond acceptors (Lipinski definition) is 4. The van der Waals surface area contributed by atoms with Crippen LogP contribution in [0.2, 0.25) is 0 Å². The number of pyridine rings is 1. The summed E-state index contributed by atoms with van der Waals surface area (Å²) in [5.74, 6) is 0.513. The van der Waals surface area contributed by atoms with Gasteiger partial charge in [0.1, 0.15) is 22.5 Å². The molecule has 1 N–H and O–H groups in total. The van der Waals surface area contributed by atoms with Crippen LogP contribution in [0.15, 0.2) is 67.0 Å². The van der Waals surface area contributed by atoms with Crippen molar-refractivity contribution in [1.82, 2.24) is 20.1 Å². The van der Waals surface area contributed by atoms with E-state index in [0.29, 0.717) is 29.9 Å². The van der Waals surface area contributed by atoms with Crippen molar-refractivity contribution < 1.29 is 9.53 Å². The first-order valence-electron chi connectivity index (χ1n) is 9.97. The molecule has 2 aromatic heterocycles. The maximum Gasteiger partial charge on any atom is 0.254 e. The number of fused-ring (bicyclic) bond motifs is 2. The fourth-order valence-corrected chi connectivity index (χ4v) is 4.18. The van der Waals surface area contributed by atoms with Crippen molar-refractivity contribution in [1.29, 1.82) is 0 Å². The molecule has 3 heterocycles. The molecule has 0 unspecified atom stereocenters. The molecule has 1 aliphatic rings. The van der Waals surface area contributed by atoms with Gasteiger partial charge in [-0.1, -0.05) is 42.0 Å². The van der Waals surface area contributed by atoms with Crippen LogP contribution in [0.1, 0.15) is 33.6 Å². The number of carbonyl (C=O) groups is 1. The van der Waals surface area contributed by atoms with Crippen LogP contribution in [-0.4, -0.2) is 27.3 Å². The summed E-state index contributed by atoms with van der Waals surface area (Å²) >= 11 is 0. The number of aryl methyl sites for hydroxylation is 2. The van der Waals surface area contributed by atoms with Crippen LogP contribution >= 0.6 is 0 Å². The maximum absolute atomic E-state index is 13.6. The molecule has 30 heavy (non-hydrogen) atoms. The Kier molecular flexibility index (Phi) is 4.28. The third kappa shape index (κ3) is 2.92. The molecule has 0 aliphatic carbocycles. The number of ether oxygens (including phenoxy) is 1. The van der Waals surface area contributed by atoms with Gasteiger partial charge in [-0.3, -0.25) is 14.5 Å². The minimum atomic E-state index is -0.781. The Morgan fingerprint density at radius 1 is 1.13 bits per heavy atom. The van der Waals surface area contributed by atoms with Gasteiger partial charge in [0, 0.05) is 31.2 Å². The molecule has 0 saturated heterocycles. The molecule has 6 nitrogen and oxygen atoms in total. The Morgan fingerprint density at radius 2 is 1.97 bits per heavy atom. The van der Waals surface area contributed by atoms with Crippen molar-refractivity contribution in [3.63, 3.8) is 0 Å². The number of aromatic nitrogens is 3. The molecule has 1 amide bonds. The lowest BCUT2D eigenvalue weighted by atomic mass is 9.81. The summed E-state index contributed by atoms with van der Waals surface area (Å²) < 4.78 is 7.58. The quantitative estimate of drug-likeness (QED) is 0.571. The number of hydrogen-bond donors (Lipinski definition) is 1. The molecule has 1 aliphatic heterocycles. The van der Waals surface area contributed by atoms with Crippen molar-refractivity contribution in [3.05, 3.63) is 89.4 Å². The van der Waals surface area contributed by atoms with Crippen LogP contribution in [-0.2, 0) is 12.6 Å². The standard InChI is InChI=1S/C24H22N4O2/c1-16-8-10-18(11-9-16)24(12-14-30-20-7-4-13-25-22(20)24)26-23(29)19-6-3-5-17-15-28(2)27-21(17)19/h3-11,13,15H,12,14H2,1-2H3,(H,26,29)/t24-/m0/s1. The smallest absolute Gasteiger partial charge is 0.254 e. The molecule has 6 heteroatoms. The van der Waals surface area contributed by atoms with E-state index in [0.717, 1.165) is 22.2 Å².